The van der Waals surface area contributed by atoms with Crippen molar-refractivity contribution in [3.05, 3.63) is 40.5 Å². The fourth-order valence-corrected chi connectivity index (χ4v) is 2.13. The number of hydrogen-bond acceptors (Lipinski definition) is 1. The summed E-state index contributed by atoms with van der Waals surface area (Å²) < 4.78 is 0. The Hall–Kier alpha value is -1.37. The molecule has 2 rings (SSSR count). The van der Waals surface area contributed by atoms with E-state index in [1.165, 1.54) is 22.3 Å². The molecular weight excluding hydrogens is 172 g/mol. The van der Waals surface area contributed by atoms with Gasteiger partial charge in [-0.3, -0.25) is 4.79 Å². The minimum Gasteiger partial charge on any atom is -0.294 e. The molecule has 0 atom stereocenters. The third kappa shape index (κ3) is 1.39. The van der Waals surface area contributed by atoms with Gasteiger partial charge < -0.3 is 0 Å². The average molecular weight is 186 g/mol. The highest BCUT2D eigenvalue weighted by atomic mass is 16.1. The van der Waals surface area contributed by atoms with Crippen molar-refractivity contribution >= 4 is 11.4 Å². The Bertz CT molecular complexity index is 439. The highest BCUT2D eigenvalue weighted by molar-refractivity contribution is 6.01. The molecule has 0 amide bonds. The van der Waals surface area contributed by atoms with E-state index < -0.39 is 0 Å². The fourth-order valence-electron chi connectivity index (χ4n) is 2.13. The van der Waals surface area contributed by atoms with Crippen LogP contribution in [0.5, 0.6) is 0 Å². The molecule has 0 radical (unpaired) electrons. The molecule has 72 valence electrons. The molecule has 1 nitrogen and oxygen atoms in total. The summed E-state index contributed by atoms with van der Waals surface area (Å²) in [5, 5.41) is 0. The summed E-state index contributed by atoms with van der Waals surface area (Å²) in [6, 6.07) is 4.31. The van der Waals surface area contributed by atoms with Crippen LogP contribution in [-0.2, 0) is 11.2 Å². The zero-order chi connectivity index (χ0) is 10.3. The molecule has 0 N–H and O–H groups in total. The van der Waals surface area contributed by atoms with Gasteiger partial charge in [-0.15, -0.1) is 0 Å². The maximum Gasteiger partial charge on any atom is 0.160 e. The fraction of sp³-hybridized carbons (Fsp3) is 0.308. The van der Waals surface area contributed by atoms with E-state index in [0.29, 0.717) is 6.42 Å². The van der Waals surface area contributed by atoms with E-state index in [9.17, 15) is 4.79 Å². The first-order valence-corrected chi connectivity index (χ1v) is 4.89. The Morgan fingerprint density at radius 2 is 1.86 bits per heavy atom. The number of benzene rings is 1. The average Bonchev–Trinajstić information content (AvgIpc) is 2.07. The van der Waals surface area contributed by atoms with Crippen molar-refractivity contribution in [3.63, 3.8) is 0 Å². The zero-order valence-electron chi connectivity index (χ0n) is 8.85. The van der Waals surface area contributed by atoms with Gasteiger partial charge in [0.25, 0.3) is 0 Å². The second kappa shape index (κ2) is 3.09. The minimum atomic E-state index is 0.224. The molecule has 0 saturated heterocycles. The van der Waals surface area contributed by atoms with E-state index in [0.717, 1.165) is 5.57 Å². The van der Waals surface area contributed by atoms with Gasteiger partial charge in [-0.1, -0.05) is 17.7 Å². The lowest BCUT2D eigenvalue weighted by Gasteiger charge is -2.17. The van der Waals surface area contributed by atoms with Crippen LogP contribution in [0.1, 0.15) is 29.2 Å². The molecule has 0 spiro atoms. The topological polar surface area (TPSA) is 17.1 Å². The van der Waals surface area contributed by atoms with Gasteiger partial charge in [0.15, 0.2) is 5.78 Å². The normalized spacial score (nSPS) is 15.1. The Labute approximate surface area is 84.5 Å². The van der Waals surface area contributed by atoms with Crippen molar-refractivity contribution < 1.29 is 4.79 Å². The minimum absolute atomic E-state index is 0.224. The summed E-state index contributed by atoms with van der Waals surface area (Å²) in [7, 11) is 0. The first kappa shape index (κ1) is 9.20. The largest absolute Gasteiger partial charge is 0.294 e. The summed E-state index contributed by atoms with van der Waals surface area (Å²) in [4.78, 5) is 11.4. The highest BCUT2D eigenvalue weighted by Gasteiger charge is 2.16. The van der Waals surface area contributed by atoms with Crippen LogP contribution in [0, 0.1) is 13.8 Å². The lowest BCUT2D eigenvalue weighted by Crippen LogP contribution is -2.10. The van der Waals surface area contributed by atoms with Gasteiger partial charge in [0.1, 0.15) is 0 Å². The van der Waals surface area contributed by atoms with E-state index in [2.05, 4.69) is 26.0 Å². The summed E-state index contributed by atoms with van der Waals surface area (Å²) >= 11 is 0. The van der Waals surface area contributed by atoms with E-state index in [1.54, 1.807) is 6.08 Å². The molecule has 1 aliphatic carbocycles. The molecule has 1 heteroatoms. The van der Waals surface area contributed by atoms with Crippen LogP contribution in [0.4, 0.5) is 0 Å². The molecule has 0 bridgehead atoms. The van der Waals surface area contributed by atoms with Gasteiger partial charge in [-0.05, 0) is 49.1 Å². The first-order chi connectivity index (χ1) is 6.58. The van der Waals surface area contributed by atoms with Crippen molar-refractivity contribution in [3.8, 4) is 0 Å². The third-order valence-corrected chi connectivity index (χ3v) is 2.77. The van der Waals surface area contributed by atoms with Crippen molar-refractivity contribution in [2.75, 3.05) is 0 Å². The van der Waals surface area contributed by atoms with Crippen LogP contribution in [0.2, 0.25) is 0 Å². The molecule has 14 heavy (non-hydrogen) atoms. The zero-order valence-corrected chi connectivity index (χ0v) is 8.85. The number of carbonyl (C=O) groups excluding carboxylic acids is 1. The Morgan fingerprint density at radius 1 is 1.14 bits per heavy atom. The second-order valence-electron chi connectivity index (χ2n) is 4.08. The molecule has 1 aromatic carbocycles. The standard InChI is InChI=1S/C13H14O/c1-8-4-9(2)13-7-11(14)6-10(3)12(13)5-8/h4-6H,7H2,1-3H3. The molecule has 1 aliphatic rings. The third-order valence-electron chi connectivity index (χ3n) is 2.77. The predicted molar refractivity (Wildman–Crippen MR) is 58.3 cm³/mol. The number of aryl methyl sites for hydroxylation is 2. The number of rotatable bonds is 0. The van der Waals surface area contributed by atoms with Crippen molar-refractivity contribution in [2.24, 2.45) is 0 Å². The summed E-state index contributed by atoms with van der Waals surface area (Å²) in [5.41, 5.74) is 6.06. The van der Waals surface area contributed by atoms with Gasteiger partial charge in [-0.2, -0.15) is 0 Å². The lowest BCUT2D eigenvalue weighted by atomic mass is 9.87. The lowest BCUT2D eigenvalue weighted by molar-refractivity contribution is -0.114. The number of allylic oxidation sites excluding steroid dienone is 2. The van der Waals surface area contributed by atoms with Crippen molar-refractivity contribution in [1.82, 2.24) is 0 Å². The quantitative estimate of drug-likeness (QED) is 0.609. The molecule has 0 fully saturated rings. The molecule has 0 aromatic heterocycles. The second-order valence-corrected chi connectivity index (χ2v) is 4.08. The van der Waals surface area contributed by atoms with Gasteiger partial charge in [0.05, 0.1) is 0 Å². The SMILES string of the molecule is CC1=CC(=O)Cc2c(C)cc(C)cc21. The Kier molecular flexibility index (Phi) is 2.03. The molecular formula is C13H14O. The van der Waals surface area contributed by atoms with Crippen molar-refractivity contribution in [2.45, 2.75) is 27.2 Å². The first-order valence-electron chi connectivity index (χ1n) is 4.89. The van der Waals surface area contributed by atoms with E-state index in [4.69, 9.17) is 0 Å². The molecule has 1 aromatic rings. The van der Waals surface area contributed by atoms with E-state index in [-0.39, 0.29) is 5.78 Å². The smallest absolute Gasteiger partial charge is 0.160 e. The monoisotopic (exact) mass is 186 g/mol. The summed E-state index contributed by atoms with van der Waals surface area (Å²) in [6.07, 6.45) is 2.32. The van der Waals surface area contributed by atoms with E-state index in [1.807, 2.05) is 6.92 Å². The number of ketones is 1. The van der Waals surface area contributed by atoms with Crippen LogP contribution in [-0.4, -0.2) is 5.78 Å². The van der Waals surface area contributed by atoms with Gasteiger partial charge >= 0.3 is 0 Å². The predicted octanol–water partition coefficient (Wildman–Crippen LogP) is 2.83. The maximum atomic E-state index is 11.4. The van der Waals surface area contributed by atoms with Crippen LogP contribution in [0.25, 0.3) is 5.57 Å². The van der Waals surface area contributed by atoms with Gasteiger partial charge in [-0.25, -0.2) is 0 Å². The molecule has 0 aliphatic heterocycles. The number of carbonyl (C=O) groups is 1. The van der Waals surface area contributed by atoms with E-state index >= 15 is 0 Å². The van der Waals surface area contributed by atoms with Gasteiger partial charge in [0.2, 0.25) is 0 Å². The Balaban J connectivity index is 2.69. The summed E-state index contributed by atoms with van der Waals surface area (Å²) in [5.74, 6) is 0.224. The molecule has 0 unspecified atom stereocenters. The van der Waals surface area contributed by atoms with Crippen LogP contribution in [0.15, 0.2) is 18.2 Å². The maximum absolute atomic E-state index is 11.4. The Morgan fingerprint density at radius 3 is 2.57 bits per heavy atom. The van der Waals surface area contributed by atoms with Crippen molar-refractivity contribution in [1.29, 1.82) is 0 Å². The highest BCUT2D eigenvalue weighted by Crippen LogP contribution is 2.28. The number of hydrogen-bond donors (Lipinski definition) is 0. The van der Waals surface area contributed by atoms with Crippen LogP contribution in [0.3, 0.4) is 0 Å². The van der Waals surface area contributed by atoms with Crippen LogP contribution >= 0.6 is 0 Å². The number of fused-ring (bicyclic) bond motifs is 1. The molecule has 0 heterocycles. The van der Waals surface area contributed by atoms with Gasteiger partial charge in [0, 0.05) is 6.42 Å². The molecule has 0 saturated carbocycles. The summed E-state index contributed by atoms with van der Waals surface area (Å²) in [6.45, 7) is 6.18. The van der Waals surface area contributed by atoms with Crippen LogP contribution < -0.4 is 0 Å².